The summed E-state index contributed by atoms with van der Waals surface area (Å²) in [6, 6.07) is 0.101. The standard InChI is InChI=1S/C10H16F3NO2/c1-7(16-6-10(11,12)13)9(15)14-8-4-2-3-5-8/h7-8H,2-6H2,1H3,(H,14,15). The Balaban J connectivity index is 2.24. The van der Waals surface area contributed by atoms with Crippen LogP contribution in [0.1, 0.15) is 32.6 Å². The van der Waals surface area contributed by atoms with Crippen LogP contribution in [0.2, 0.25) is 0 Å². The maximum absolute atomic E-state index is 11.8. The van der Waals surface area contributed by atoms with Crippen molar-refractivity contribution in [2.75, 3.05) is 6.61 Å². The van der Waals surface area contributed by atoms with Crippen molar-refractivity contribution in [1.29, 1.82) is 0 Å². The highest BCUT2D eigenvalue weighted by molar-refractivity contribution is 5.80. The Kier molecular flexibility index (Phi) is 4.58. The average Bonchev–Trinajstić information content (AvgIpc) is 2.65. The molecule has 6 heteroatoms. The summed E-state index contributed by atoms with van der Waals surface area (Å²) in [5.41, 5.74) is 0. The second-order valence-electron chi connectivity index (χ2n) is 4.06. The summed E-state index contributed by atoms with van der Waals surface area (Å²) < 4.78 is 39.9. The summed E-state index contributed by atoms with van der Waals surface area (Å²) in [6.45, 7) is -0.0533. The van der Waals surface area contributed by atoms with Crippen LogP contribution in [0.4, 0.5) is 13.2 Å². The van der Waals surface area contributed by atoms with Crippen LogP contribution >= 0.6 is 0 Å². The lowest BCUT2D eigenvalue weighted by Gasteiger charge is -2.17. The fraction of sp³-hybridized carbons (Fsp3) is 0.900. The number of alkyl halides is 3. The summed E-state index contributed by atoms with van der Waals surface area (Å²) in [5.74, 6) is -0.462. The molecule has 1 aliphatic carbocycles. The van der Waals surface area contributed by atoms with Crippen molar-refractivity contribution >= 4 is 5.91 Å². The summed E-state index contributed by atoms with van der Waals surface area (Å²) in [7, 11) is 0. The molecule has 1 saturated carbocycles. The number of rotatable bonds is 4. The first-order valence-electron chi connectivity index (χ1n) is 5.37. The Bertz CT molecular complexity index is 237. The molecule has 0 saturated heterocycles. The molecule has 3 nitrogen and oxygen atoms in total. The number of carbonyl (C=O) groups is 1. The summed E-state index contributed by atoms with van der Waals surface area (Å²) in [6.07, 6.45) is -1.52. The van der Waals surface area contributed by atoms with Gasteiger partial charge in [0.15, 0.2) is 0 Å². The smallest absolute Gasteiger partial charge is 0.359 e. The number of ether oxygens (including phenoxy) is 1. The van der Waals surface area contributed by atoms with Gasteiger partial charge in [-0.05, 0) is 19.8 Å². The van der Waals surface area contributed by atoms with E-state index in [4.69, 9.17) is 0 Å². The minimum Gasteiger partial charge on any atom is -0.359 e. The summed E-state index contributed by atoms with van der Waals surface area (Å²) >= 11 is 0. The molecule has 16 heavy (non-hydrogen) atoms. The van der Waals surface area contributed by atoms with Crippen molar-refractivity contribution < 1.29 is 22.7 Å². The van der Waals surface area contributed by atoms with Crippen molar-refractivity contribution in [2.45, 2.75) is 50.9 Å². The van der Waals surface area contributed by atoms with Gasteiger partial charge in [0, 0.05) is 6.04 Å². The molecule has 1 atom stereocenters. The molecule has 1 aliphatic rings. The summed E-state index contributed by atoms with van der Waals surface area (Å²) in [4.78, 5) is 11.4. The Morgan fingerprint density at radius 2 is 2.00 bits per heavy atom. The first-order chi connectivity index (χ1) is 7.38. The van der Waals surface area contributed by atoms with Gasteiger partial charge in [-0.3, -0.25) is 4.79 Å². The minimum absolute atomic E-state index is 0.101. The van der Waals surface area contributed by atoms with Crippen molar-refractivity contribution in [3.63, 3.8) is 0 Å². The normalized spacial score (nSPS) is 19.8. The molecular weight excluding hydrogens is 223 g/mol. The van der Waals surface area contributed by atoms with Crippen LogP contribution in [0.25, 0.3) is 0 Å². The first-order valence-corrected chi connectivity index (χ1v) is 5.37. The van der Waals surface area contributed by atoms with E-state index >= 15 is 0 Å². The number of nitrogens with one attached hydrogen (secondary N) is 1. The molecule has 1 fully saturated rings. The Morgan fingerprint density at radius 1 is 1.44 bits per heavy atom. The maximum Gasteiger partial charge on any atom is 0.411 e. The molecule has 1 unspecified atom stereocenters. The van der Waals surface area contributed by atoms with E-state index in [1.165, 1.54) is 6.92 Å². The SMILES string of the molecule is CC(OCC(F)(F)F)C(=O)NC1CCCC1. The third-order valence-electron chi connectivity index (χ3n) is 2.57. The fourth-order valence-corrected chi connectivity index (χ4v) is 1.68. The van der Waals surface area contributed by atoms with Gasteiger partial charge in [-0.1, -0.05) is 12.8 Å². The predicted molar refractivity (Wildman–Crippen MR) is 51.9 cm³/mol. The second-order valence-corrected chi connectivity index (χ2v) is 4.06. The van der Waals surface area contributed by atoms with Gasteiger partial charge < -0.3 is 10.1 Å². The number of hydrogen-bond donors (Lipinski definition) is 1. The molecule has 0 spiro atoms. The highest BCUT2D eigenvalue weighted by atomic mass is 19.4. The van der Waals surface area contributed by atoms with Gasteiger partial charge in [0.05, 0.1) is 0 Å². The topological polar surface area (TPSA) is 38.3 Å². The quantitative estimate of drug-likeness (QED) is 0.815. The van der Waals surface area contributed by atoms with Gasteiger partial charge in [0.25, 0.3) is 0 Å². The number of halogens is 3. The predicted octanol–water partition coefficient (Wildman–Crippen LogP) is 2.01. The van der Waals surface area contributed by atoms with Crippen LogP contribution in [-0.2, 0) is 9.53 Å². The van der Waals surface area contributed by atoms with Crippen LogP contribution in [0.15, 0.2) is 0 Å². The first kappa shape index (κ1) is 13.3. The Hall–Kier alpha value is -0.780. The molecule has 0 bridgehead atoms. The van der Waals surface area contributed by atoms with Crippen molar-refractivity contribution in [1.82, 2.24) is 5.32 Å². The monoisotopic (exact) mass is 239 g/mol. The van der Waals surface area contributed by atoms with E-state index in [1.54, 1.807) is 0 Å². The number of hydrogen-bond acceptors (Lipinski definition) is 2. The molecule has 0 aromatic rings. The highest BCUT2D eigenvalue weighted by Crippen LogP contribution is 2.18. The number of carbonyl (C=O) groups excluding carboxylic acids is 1. The van der Waals surface area contributed by atoms with E-state index in [9.17, 15) is 18.0 Å². The number of amides is 1. The summed E-state index contributed by atoms with van der Waals surface area (Å²) in [5, 5.41) is 2.68. The van der Waals surface area contributed by atoms with Gasteiger partial charge in [-0.15, -0.1) is 0 Å². The van der Waals surface area contributed by atoms with Gasteiger partial charge in [-0.2, -0.15) is 13.2 Å². The van der Waals surface area contributed by atoms with Gasteiger partial charge >= 0.3 is 6.18 Å². The molecular formula is C10H16F3NO2. The lowest BCUT2D eigenvalue weighted by molar-refractivity contribution is -0.185. The fourth-order valence-electron chi connectivity index (χ4n) is 1.68. The molecule has 1 rings (SSSR count). The van der Waals surface area contributed by atoms with Crippen LogP contribution in [0.5, 0.6) is 0 Å². The van der Waals surface area contributed by atoms with E-state index in [0.717, 1.165) is 25.7 Å². The third kappa shape index (κ3) is 4.83. The van der Waals surface area contributed by atoms with Crippen molar-refractivity contribution in [2.24, 2.45) is 0 Å². The molecule has 1 amide bonds. The largest absolute Gasteiger partial charge is 0.411 e. The molecule has 0 aromatic carbocycles. The molecule has 0 aromatic heterocycles. The third-order valence-corrected chi connectivity index (χ3v) is 2.57. The lowest BCUT2D eigenvalue weighted by Crippen LogP contribution is -2.41. The van der Waals surface area contributed by atoms with Gasteiger partial charge in [-0.25, -0.2) is 0 Å². The zero-order valence-corrected chi connectivity index (χ0v) is 9.14. The zero-order valence-electron chi connectivity index (χ0n) is 9.14. The Labute approximate surface area is 92.3 Å². The van der Waals surface area contributed by atoms with Gasteiger partial charge in [0.1, 0.15) is 12.7 Å². The van der Waals surface area contributed by atoms with E-state index in [-0.39, 0.29) is 6.04 Å². The van der Waals surface area contributed by atoms with E-state index in [2.05, 4.69) is 10.1 Å². The van der Waals surface area contributed by atoms with Crippen LogP contribution in [-0.4, -0.2) is 30.8 Å². The van der Waals surface area contributed by atoms with E-state index in [0.29, 0.717) is 0 Å². The second kappa shape index (κ2) is 5.52. The van der Waals surface area contributed by atoms with E-state index in [1.807, 2.05) is 0 Å². The van der Waals surface area contributed by atoms with Crippen LogP contribution in [0, 0.1) is 0 Å². The minimum atomic E-state index is -4.39. The lowest BCUT2D eigenvalue weighted by atomic mass is 10.2. The molecule has 1 N–H and O–H groups in total. The maximum atomic E-state index is 11.8. The van der Waals surface area contributed by atoms with Gasteiger partial charge in [0.2, 0.25) is 5.91 Å². The highest BCUT2D eigenvalue weighted by Gasteiger charge is 2.30. The molecule has 0 aliphatic heterocycles. The zero-order chi connectivity index (χ0) is 12.2. The Morgan fingerprint density at radius 3 is 2.50 bits per heavy atom. The van der Waals surface area contributed by atoms with E-state index < -0.39 is 24.8 Å². The molecule has 0 heterocycles. The molecule has 94 valence electrons. The van der Waals surface area contributed by atoms with Crippen LogP contribution in [0.3, 0.4) is 0 Å². The van der Waals surface area contributed by atoms with Crippen LogP contribution < -0.4 is 5.32 Å². The average molecular weight is 239 g/mol. The molecule has 0 radical (unpaired) electrons. The van der Waals surface area contributed by atoms with Crippen molar-refractivity contribution in [3.05, 3.63) is 0 Å². The van der Waals surface area contributed by atoms with Crippen molar-refractivity contribution in [3.8, 4) is 0 Å².